The van der Waals surface area contributed by atoms with E-state index in [1.54, 1.807) is 4.90 Å². The maximum Gasteiger partial charge on any atom is 0.129 e. The van der Waals surface area contributed by atoms with Gasteiger partial charge in [-0.2, -0.15) is 0 Å². The van der Waals surface area contributed by atoms with Gasteiger partial charge in [-0.15, -0.1) is 0 Å². The summed E-state index contributed by atoms with van der Waals surface area (Å²) in [6.07, 6.45) is -1.86. The molecular weight excluding hydrogens is 320 g/mol. The molecule has 2 fully saturated rings. The lowest BCUT2D eigenvalue weighted by molar-refractivity contribution is -0.144. The van der Waals surface area contributed by atoms with Gasteiger partial charge in [0, 0.05) is 18.7 Å². The van der Waals surface area contributed by atoms with E-state index >= 15 is 0 Å². The van der Waals surface area contributed by atoms with Crippen molar-refractivity contribution < 1.29 is 29.2 Å². The van der Waals surface area contributed by atoms with Crippen molar-refractivity contribution in [3.05, 3.63) is 34.9 Å². The van der Waals surface area contributed by atoms with Crippen LogP contribution in [0.1, 0.15) is 29.9 Å². The van der Waals surface area contributed by atoms with Crippen LogP contribution >= 0.6 is 0 Å². The predicted octanol–water partition coefficient (Wildman–Crippen LogP) is 0.144. The monoisotopic (exact) mass is 343 g/mol. The van der Waals surface area contributed by atoms with Crippen molar-refractivity contribution >= 4 is 0 Å². The first-order valence-electron chi connectivity index (χ1n) is 8.29. The first kappa shape index (κ1) is 17.7. The van der Waals surface area contributed by atoms with Crippen molar-refractivity contribution in [2.24, 2.45) is 0 Å². The molecule has 1 saturated carbocycles. The van der Waals surface area contributed by atoms with Crippen molar-refractivity contribution in [3.63, 3.8) is 0 Å². The molecule has 1 aliphatic carbocycles. The number of aliphatic hydroxyl groups excluding tert-OH is 4. The lowest BCUT2D eigenvalue weighted by atomic mass is 9.93. The first-order chi connectivity index (χ1) is 11.4. The minimum atomic E-state index is -1.34. The Morgan fingerprint density at radius 3 is 2.21 bits per heavy atom. The topological polar surface area (TPSA) is 84.2 Å². The van der Waals surface area contributed by atoms with E-state index in [1.807, 2.05) is 0 Å². The number of piperidine rings is 1. The van der Waals surface area contributed by atoms with Crippen LogP contribution in [0.4, 0.5) is 8.78 Å². The molecule has 0 radical (unpaired) electrons. The van der Waals surface area contributed by atoms with Gasteiger partial charge in [0.2, 0.25) is 0 Å². The van der Waals surface area contributed by atoms with Gasteiger partial charge < -0.3 is 20.4 Å². The van der Waals surface area contributed by atoms with Crippen LogP contribution in [0.3, 0.4) is 0 Å². The number of rotatable bonds is 5. The number of halogens is 2. The molecule has 1 saturated heterocycles. The number of nitrogens with zero attached hydrogens (tertiary/aromatic N) is 1. The lowest BCUT2D eigenvalue weighted by Gasteiger charge is -2.43. The summed E-state index contributed by atoms with van der Waals surface area (Å²) in [7, 11) is 0. The van der Waals surface area contributed by atoms with Gasteiger partial charge in [-0.05, 0) is 42.9 Å². The molecule has 2 aliphatic rings. The summed E-state index contributed by atoms with van der Waals surface area (Å²) < 4.78 is 28.4. The summed E-state index contributed by atoms with van der Waals surface area (Å²) in [4.78, 5) is 1.55. The highest BCUT2D eigenvalue weighted by Gasteiger charge is 2.40. The van der Waals surface area contributed by atoms with Crippen molar-refractivity contribution in [2.75, 3.05) is 19.7 Å². The maximum absolute atomic E-state index is 14.2. The molecule has 3 rings (SSSR count). The smallest absolute Gasteiger partial charge is 0.129 e. The molecule has 1 aliphatic heterocycles. The van der Waals surface area contributed by atoms with Gasteiger partial charge in [-0.3, -0.25) is 4.90 Å². The number of hydrogen-bond acceptors (Lipinski definition) is 5. The summed E-state index contributed by atoms with van der Waals surface area (Å²) in [6.45, 7) is -0.244. The first-order valence-corrected chi connectivity index (χ1v) is 8.29. The van der Waals surface area contributed by atoms with Crippen LogP contribution in [0.2, 0.25) is 0 Å². The molecular formula is C17H23F2NO4. The largest absolute Gasteiger partial charge is 0.395 e. The second kappa shape index (κ2) is 7.01. The van der Waals surface area contributed by atoms with Crippen molar-refractivity contribution in [1.82, 2.24) is 4.90 Å². The lowest BCUT2D eigenvalue weighted by Crippen LogP contribution is -2.62. The number of likely N-dealkylation sites (tertiary alicyclic amines) is 1. The fraction of sp³-hybridized carbons (Fsp3) is 0.647. The van der Waals surface area contributed by atoms with Crippen LogP contribution in [0, 0.1) is 11.6 Å². The van der Waals surface area contributed by atoms with E-state index in [0.717, 1.165) is 12.8 Å². The van der Waals surface area contributed by atoms with E-state index in [2.05, 4.69) is 0 Å². The SMILES string of the molecule is OC[C@H]1[C@@H](O)[C@H](O)[C@@H](O)CN1CCc1c(F)cc(C2CC2)cc1F. The molecule has 0 unspecified atom stereocenters. The Kier molecular flexibility index (Phi) is 5.17. The van der Waals surface area contributed by atoms with Crippen LogP contribution in [0.15, 0.2) is 12.1 Å². The van der Waals surface area contributed by atoms with Crippen molar-refractivity contribution in [2.45, 2.75) is 49.5 Å². The van der Waals surface area contributed by atoms with E-state index in [1.165, 1.54) is 12.1 Å². The van der Waals surface area contributed by atoms with Crippen LogP contribution < -0.4 is 0 Å². The Labute approximate surface area is 139 Å². The van der Waals surface area contributed by atoms with Crippen molar-refractivity contribution in [3.8, 4) is 0 Å². The van der Waals surface area contributed by atoms with E-state index in [0.29, 0.717) is 5.56 Å². The predicted molar refractivity (Wildman–Crippen MR) is 82.5 cm³/mol. The molecule has 24 heavy (non-hydrogen) atoms. The third kappa shape index (κ3) is 3.45. The number of aliphatic hydroxyl groups is 4. The maximum atomic E-state index is 14.2. The molecule has 0 amide bonds. The summed E-state index contributed by atoms with van der Waals surface area (Å²) in [5.41, 5.74) is 0.653. The number of β-amino-alcohol motifs (C(OH)–C–C–N with tert-alkyl or cyclic N) is 1. The molecule has 134 valence electrons. The van der Waals surface area contributed by atoms with E-state index < -0.39 is 42.6 Å². The van der Waals surface area contributed by atoms with Crippen molar-refractivity contribution in [1.29, 1.82) is 0 Å². The zero-order chi connectivity index (χ0) is 17.4. The quantitative estimate of drug-likeness (QED) is 0.611. The standard InChI is InChI=1S/C17H23F2NO4/c18-12-5-10(9-1-2-9)6-13(19)11(12)3-4-20-7-15(22)17(24)16(23)14(20)8-21/h5-6,9,14-17,21-24H,1-4,7-8H2/t14-,15-,16+,17+/m0/s1. The Hall–Kier alpha value is -1.12. The van der Waals surface area contributed by atoms with Gasteiger partial charge in [-0.1, -0.05) is 0 Å². The van der Waals surface area contributed by atoms with Gasteiger partial charge in [-0.25, -0.2) is 8.78 Å². The fourth-order valence-corrected chi connectivity index (χ4v) is 3.40. The highest BCUT2D eigenvalue weighted by atomic mass is 19.1. The summed E-state index contributed by atoms with van der Waals surface area (Å²) in [6, 6.07) is 1.98. The molecule has 4 atom stereocenters. The molecule has 0 bridgehead atoms. The summed E-state index contributed by atoms with van der Waals surface area (Å²) in [5, 5.41) is 38.8. The van der Waals surface area contributed by atoms with Gasteiger partial charge >= 0.3 is 0 Å². The minimum absolute atomic E-state index is 0.0207. The molecule has 0 aromatic heterocycles. The molecule has 5 nitrogen and oxygen atoms in total. The second-order valence-corrected chi connectivity index (χ2v) is 6.78. The zero-order valence-corrected chi connectivity index (χ0v) is 13.3. The van der Waals surface area contributed by atoms with Gasteiger partial charge in [0.1, 0.15) is 23.8 Å². The van der Waals surface area contributed by atoms with Crippen LogP contribution in [-0.2, 0) is 6.42 Å². The summed E-state index contributed by atoms with van der Waals surface area (Å²) >= 11 is 0. The zero-order valence-electron chi connectivity index (χ0n) is 13.3. The van der Waals surface area contributed by atoms with Gasteiger partial charge in [0.15, 0.2) is 0 Å². The third-order valence-corrected chi connectivity index (χ3v) is 5.08. The fourth-order valence-electron chi connectivity index (χ4n) is 3.40. The Balaban J connectivity index is 1.70. The molecule has 1 aromatic carbocycles. The Morgan fingerprint density at radius 2 is 1.67 bits per heavy atom. The summed E-state index contributed by atoms with van der Waals surface area (Å²) in [5.74, 6) is -0.915. The Bertz CT molecular complexity index is 573. The normalized spacial score (nSPS) is 31.4. The highest BCUT2D eigenvalue weighted by molar-refractivity contribution is 5.31. The average molecular weight is 343 g/mol. The van der Waals surface area contributed by atoms with Crippen LogP contribution in [0.5, 0.6) is 0 Å². The molecule has 7 heteroatoms. The minimum Gasteiger partial charge on any atom is -0.395 e. The molecule has 4 N–H and O–H groups in total. The van der Waals surface area contributed by atoms with E-state index in [-0.39, 0.29) is 31.0 Å². The number of benzene rings is 1. The third-order valence-electron chi connectivity index (χ3n) is 5.08. The second-order valence-electron chi connectivity index (χ2n) is 6.78. The molecule has 1 aromatic rings. The number of hydrogen-bond donors (Lipinski definition) is 4. The van der Waals surface area contributed by atoms with E-state index in [4.69, 9.17) is 0 Å². The highest BCUT2D eigenvalue weighted by Crippen LogP contribution is 2.41. The van der Waals surface area contributed by atoms with Gasteiger partial charge in [0.05, 0.1) is 18.8 Å². The Morgan fingerprint density at radius 1 is 1.04 bits per heavy atom. The molecule has 1 heterocycles. The van der Waals surface area contributed by atoms with Crippen LogP contribution in [-0.4, -0.2) is 69.4 Å². The average Bonchev–Trinajstić information content (AvgIpc) is 3.36. The molecule has 0 spiro atoms. The van der Waals surface area contributed by atoms with Crippen LogP contribution in [0.25, 0.3) is 0 Å². The van der Waals surface area contributed by atoms with E-state index in [9.17, 15) is 29.2 Å². The van der Waals surface area contributed by atoms with Gasteiger partial charge in [0.25, 0.3) is 0 Å².